The molecule has 20 heavy (non-hydrogen) atoms. The molecule has 0 amide bonds. The molecule has 0 aliphatic rings. The summed E-state index contributed by atoms with van der Waals surface area (Å²) in [4.78, 5) is -0.123. The van der Waals surface area contributed by atoms with Crippen LogP contribution in [0.1, 0.15) is 0 Å². The molecule has 0 atom stereocenters. The predicted octanol–water partition coefficient (Wildman–Crippen LogP) is 3.00. The molecule has 106 valence electrons. The SMILES string of the molecule is CN(c1ccc(Br)cc1N)S(=O)(=O)c1cccc(F)c1. The van der Waals surface area contributed by atoms with Crippen LogP contribution in [0.25, 0.3) is 0 Å². The van der Waals surface area contributed by atoms with Crippen molar-refractivity contribution in [2.24, 2.45) is 0 Å². The van der Waals surface area contributed by atoms with E-state index in [2.05, 4.69) is 15.9 Å². The Morgan fingerprint density at radius 3 is 2.50 bits per heavy atom. The Morgan fingerprint density at radius 1 is 1.20 bits per heavy atom. The van der Waals surface area contributed by atoms with Crippen molar-refractivity contribution in [1.29, 1.82) is 0 Å². The molecule has 7 heteroatoms. The van der Waals surface area contributed by atoms with E-state index < -0.39 is 15.8 Å². The first-order chi connectivity index (χ1) is 9.32. The van der Waals surface area contributed by atoms with Gasteiger partial charge in [-0.2, -0.15) is 0 Å². The number of rotatable bonds is 3. The summed E-state index contributed by atoms with van der Waals surface area (Å²) in [6, 6.07) is 9.71. The van der Waals surface area contributed by atoms with Crippen LogP contribution < -0.4 is 10.0 Å². The maximum atomic E-state index is 13.2. The first-order valence-corrected chi connectivity index (χ1v) is 7.85. The van der Waals surface area contributed by atoms with Gasteiger partial charge in [-0.3, -0.25) is 4.31 Å². The van der Waals surface area contributed by atoms with Gasteiger partial charge in [0.15, 0.2) is 0 Å². The average Bonchev–Trinajstić information content (AvgIpc) is 2.38. The van der Waals surface area contributed by atoms with Crippen LogP contribution in [0.4, 0.5) is 15.8 Å². The molecule has 0 aromatic heterocycles. The van der Waals surface area contributed by atoms with Crippen molar-refractivity contribution < 1.29 is 12.8 Å². The van der Waals surface area contributed by atoms with Gasteiger partial charge in [-0.1, -0.05) is 22.0 Å². The Balaban J connectivity index is 2.49. The molecule has 2 aromatic carbocycles. The first kappa shape index (κ1) is 14.8. The Labute approximate surface area is 125 Å². The highest BCUT2D eigenvalue weighted by Gasteiger charge is 2.23. The molecule has 0 heterocycles. The maximum absolute atomic E-state index is 13.2. The fourth-order valence-electron chi connectivity index (χ4n) is 1.73. The Morgan fingerprint density at radius 2 is 1.90 bits per heavy atom. The zero-order chi connectivity index (χ0) is 14.9. The van der Waals surface area contributed by atoms with Crippen LogP contribution in [0.5, 0.6) is 0 Å². The number of benzene rings is 2. The van der Waals surface area contributed by atoms with Crippen molar-refractivity contribution in [3.63, 3.8) is 0 Å². The van der Waals surface area contributed by atoms with E-state index >= 15 is 0 Å². The molecular formula is C13H12BrFN2O2S. The molecular weight excluding hydrogens is 347 g/mol. The molecule has 2 N–H and O–H groups in total. The summed E-state index contributed by atoms with van der Waals surface area (Å²) in [6.07, 6.45) is 0. The van der Waals surface area contributed by atoms with E-state index in [-0.39, 0.29) is 4.90 Å². The van der Waals surface area contributed by atoms with Gasteiger partial charge in [0.05, 0.1) is 16.3 Å². The van der Waals surface area contributed by atoms with Crippen LogP contribution in [0.3, 0.4) is 0 Å². The number of nitrogen functional groups attached to an aromatic ring is 1. The van der Waals surface area contributed by atoms with Crippen LogP contribution in [0.2, 0.25) is 0 Å². The van der Waals surface area contributed by atoms with Crippen molar-refractivity contribution in [1.82, 2.24) is 0 Å². The Bertz CT molecular complexity index is 750. The second-order valence-electron chi connectivity index (χ2n) is 4.13. The number of hydrogen-bond acceptors (Lipinski definition) is 3. The number of nitrogens with zero attached hydrogens (tertiary/aromatic N) is 1. The minimum absolute atomic E-state index is 0.123. The first-order valence-electron chi connectivity index (χ1n) is 5.62. The highest BCUT2D eigenvalue weighted by molar-refractivity contribution is 9.10. The molecule has 0 saturated carbocycles. The third-order valence-electron chi connectivity index (χ3n) is 2.78. The van der Waals surface area contributed by atoms with Gasteiger partial charge in [0.1, 0.15) is 5.82 Å². The van der Waals surface area contributed by atoms with E-state index in [9.17, 15) is 12.8 Å². The van der Waals surface area contributed by atoms with E-state index in [0.29, 0.717) is 11.4 Å². The summed E-state index contributed by atoms with van der Waals surface area (Å²) in [6.45, 7) is 0. The van der Waals surface area contributed by atoms with E-state index in [1.165, 1.54) is 25.2 Å². The van der Waals surface area contributed by atoms with Gasteiger partial charge < -0.3 is 5.73 Å². The monoisotopic (exact) mass is 358 g/mol. The normalized spacial score (nSPS) is 11.3. The summed E-state index contributed by atoms with van der Waals surface area (Å²) in [5.74, 6) is -0.608. The van der Waals surface area contributed by atoms with Crippen LogP contribution in [-0.4, -0.2) is 15.5 Å². The summed E-state index contributed by atoms with van der Waals surface area (Å²) in [7, 11) is -2.48. The van der Waals surface area contributed by atoms with E-state index in [4.69, 9.17) is 5.73 Å². The zero-order valence-corrected chi connectivity index (χ0v) is 12.9. The van der Waals surface area contributed by atoms with E-state index in [1.54, 1.807) is 18.2 Å². The van der Waals surface area contributed by atoms with Crippen molar-refractivity contribution >= 4 is 37.3 Å². The molecule has 0 radical (unpaired) electrons. The molecule has 0 unspecified atom stereocenters. The van der Waals surface area contributed by atoms with Gasteiger partial charge in [0.25, 0.3) is 10.0 Å². The molecule has 0 fully saturated rings. The third-order valence-corrected chi connectivity index (χ3v) is 5.04. The molecule has 0 saturated heterocycles. The summed E-state index contributed by atoms with van der Waals surface area (Å²) < 4.78 is 39.8. The van der Waals surface area contributed by atoms with E-state index in [1.807, 2.05) is 0 Å². The number of hydrogen-bond donors (Lipinski definition) is 1. The molecule has 0 spiro atoms. The number of nitrogens with two attached hydrogens (primary N) is 1. The van der Waals surface area contributed by atoms with Gasteiger partial charge in [-0.05, 0) is 36.4 Å². The Kier molecular flexibility index (Phi) is 4.01. The van der Waals surface area contributed by atoms with Gasteiger partial charge in [0, 0.05) is 11.5 Å². The fourth-order valence-corrected chi connectivity index (χ4v) is 3.36. The molecule has 0 bridgehead atoms. The van der Waals surface area contributed by atoms with E-state index in [0.717, 1.165) is 14.8 Å². The summed E-state index contributed by atoms with van der Waals surface area (Å²) in [5, 5.41) is 0. The third kappa shape index (κ3) is 2.78. The van der Waals surface area contributed by atoms with Crippen LogP contribution >= 0.6 is 15.9 Å². The van der Waals surface area contributed by atoms with Gasteiger partial charge in [-0.25, -0.2) is 12.8 Å². The minimum atomic E-state index is -3.85. The highest BCUT2D eigenvalue weighted by Crippen LogP contribution is 2.29. The molecule has 4 nitrogen and oxygen atoms in total. The lowest BCUT2D eigenvalue weighted by Crippen LogP contribution is -2.27. The number of halogens is 2. The zero-order valence-electron chi connectivity index (χ0n) is 10.5. The molecule has 2 rings (SSSR count). The second-order valence-corrected chi connectivity index (χ2v) is 7.02. The second kappa shape index (κ2) is 5.41. The molecule has 0 aliphatic carbocycles. The largest absolute Gasteiger partial charge is 0.397 e. The predicted molar refractivity (Wildman–Crippen MR) is 80.5 cm³/mol. The van der Waals surface area contributed by atoms with Gasteiger partial charge >= 0.3 is 0 Å². The molecule has 0 aliphatic heterocycles. The lowest BCUT2D eigenvalue weighted by atomic mass is 10.3. The minimum Gasteiger partial charge on any atom is -0.397 e. The highest BCUT2D eigenvalue weighted by atomic mass is 79.9. The van der Waals surface area contributed by atoms with Gasteiger partial charge in [-0.15, -0.1) is 0 Å². The van der Waals surface area contributed by atoms with Crippen molar-refractivity contribution in [2.75, 3.05) is 17.1 Å². The lowest BCUT2D eigenvalue weighted by Gasteiger charge is -2.21. The molecule has 2 aromatic rings. The fraction of sp³-hybridized carbons (Fsp3) is 0.0769. The smallest absolute Gasteiger partial charge is 0.264 e. The number of sulfonamides is 1. The lowest BCUT2D eigenvalue weighted by molar-refractivity contribution is 0.589. The van der Waals surface area contributed by atoms with Crippen molar-refractivity contribution in [2.45, 2.75) is 4.90 Å². The topological polar surface area (TPSA) is 63.4 Å². The van der Waals surface area contributed by atoms with Crippen LogP contribution in [-0.2, 0) is 10.0 Å². The summed E-state index contributed by atoms with van der Waals surface area (Å²) >= 11 is 3.25. The maximum Gasteiger partial charge on any atom is 0.264 e. The van der Waals surface area contributed by atoms with Crippen LogP contribution in [0.15, 0.2) is 51.8 Å². The average molecular weight is 359 g/mol. The van der Waals surface area contributed by atoms with Crippen molar-refractivity contribution in [3.05, 3.63) is 52.8 Å². The van der Waals surface area contributed by atoms with Gasteiger partial charge in [0.2, 0.25) is 0 Å². The Hall–Kier alpha value is -1.60. The van der Waals surface area contributed by atoms with Crippen molar-refractivity contribution in [3.8, 4) is 0 Å². The summed E-state index contributed by atoms with van der Waals surface area (Å²) in [5.41, 5.74) is 6.46. The quantitative estimate of drug-likeness (QED) is 0.857. The standard InChI is InChI=1S/C13H12BrFN2O2S/c1-17(13-6-5-9(14)7-12(13)16)20(18,19)11-4-2-3-10(15)8-11/h2-8H,16H2,1H3. The van der Waals surface area contributed by atoms with Crippen LogP contribution in [0, 0.1) is 5.82 Å². The number of anilines is 2.